The molecule has 1 unspecified atom stereocenters. The smallest absolute Gasteiger partial charge is 0.320 e. The number of carbonyl (C=O) groups is 1. The lowest BCUT2D eigenvalue weighted by Crippen LogP contribution is -2.57. The fraction of sp³-hybridized carbons (Fsp3) is 0.909. The van der Waals surface area contributed by atoms with Crippen molar-refractivity contribution in [1.29, 1.82) is 0 Å². The van der Waals surface area contributed by atoms with Crippen LogP contribution in [-0.2, 0) is 4.74 Å². The highest BCUT2D eigenvalue weighted by atomic mass is 16.5. The van der Waals surface area contributed by atoms with Gasteiger partial charge in [-0.25, -0.2) is 4.79 Å². The second-order valence-electron chi connectivity index (χ2n) is 4.55. The predicted octanol–water partition coefficient (Wildman–Crippen LogP) is 1.17. The topological polar surface area (TPSA) is 32.8 Å². The first-order valence-corrected chi connectivity index (χ1v) is 5.81. The third-order valence-corrected chi connectivity index (χ3v) is 3.59. The fourth-order valence-electron chi connectivity index (χ4n) is 2.28. The normalized spacial score (nSPS) is 26.9. The van der Waals surface area contributed by atoms with Gasteiger partial charge >= 0.3 is 6.03 Å². The fourth-order valence-corrected chi connectivity index (χ4v) is 2.28. The van der Waals surface area contributed by atoms with E-state index in [-0.39, 0.29) is 12.1 Å². The van der Waals surface area contributed by atoms with Crippen LogP contribution in [0.15, 0.2) is 0 Å². The van der Waals surface area contributed by atoms with E-state index >= 15 is 0 Å². The van der Waals surface area contributed by atoms with Crippen molar-refractivity contribution < 1.29 is 9.53 Å². The zero-order valence-corrected chi connectivity index (χ0v) is 9.61. The second-order valence-corrected chi connectivity index (χ2v) is 4.55. The SMILES string of the molecule is CCC1CCN(C(=O)N2CC(OC)C2)C1. The highest BCUT2D eigenvalue weighted by Gasteiger charge is 2.35. The van der Waals surface area contributed by atoms with Crippen LogP contribution in [0.5, 0.6) is 0 Å². The number of methoxy groups -OCH3 is 1. The zero-order valence-electron chi connectivity index (χ0n) is 9.61. The van der Waals surface area contributed by atoms with Crippen LogP contribution in [0.25, 0.3) is 0 Å². The maximum absolute atomic E-state index is 11.9. The summed E-state index contributed by atoms with van der Waals surface area (Å²) in [5, 5.41) is 0. The molecule has 1 atom stereocenters. The lowest BCUT2D eigenvalue weighted by molar-refractivity contribution is -0.0144. The van der Waals surface area contributed by atoms with Gasteiger partial charge in [0, 0.05) is 20.2 Å². The van der Waals surface area contributed by atoms with Crippen LogP contribution in [0, 0.1) is 5.92 Å². The van der Waals surface area contributed by atoms with Crippen molar-refractivity contribution in [2.75, 3.05) is 33.3 Å². The summed E-state index contributed by atoms with van der Waals surface area (Å²) in [4.78, 5) is 15.8. The second kappa shape index (κ2) is 4.39. The third-order valence-electron chi connectivity index (χ3n) is 3.59. The van der Waals surface area contributed by atoms with Crippen LogP contribution in [0.2, 0.25) is 0 Å². The summed E-state index contributed by atoms with van der Waals surface area (Å²) in [6.45, 7) is 5.61. The molecule has 4 nitrogen and oxygen atoms in total. The van der Waals surface area contributed by atoms with E-state index in [4.69, 9.17) is 4.74 Å². The summed E-state index contributed by atoms with van der Waals surface area (Å²) >= 11 is 0. The Morgan fingerprint density at radius 3 is 2.60 bits per heavy atom. The molecule has 2 amide bonds. The first-order chi connectivity index (χ1) is 7.24. The number of ether oxygens (including phenoxy) is 1. The van der Waals surface area contributed by atoms with E-state index in [1.165, 1.54) is 12.8 Å². The number of hydrogen-bond donors (Lipinski definition) is 0. The summed E-state index contributed by atoms with van der Waals surface area (Å²) < 4.78 is 5.16. The van der Waals surface area contributed by atoms with E-state index in [1.54, 1.807) is 7.11 Å². The lowest BCUT2D eigenvalue weighted by Gasteiger charge is -2.40. The Kier molecular flexibility index (Phi) is 3.14. The van der Waals surface area contributed by atoms with Crippen LogP contribution in [0.4, 0.5) is 4.79 Å². The highest BCUT2D eigenvalue weighted by Crippen LogP contribution is 2.22. The van der Waals surface area contributed by atoms with E-state index in [2.05, 4.69) is 6.92 Å². The molecule has 0 aromatic rings. The predicted molar refractivity (Wildman–Crippen MR) is 57.7 cm³/mol. The van der Waals surface area contributed by atoms with Gasteiger partial charge in [-0.05, 0) is 12.3 Å². The van der Waals surface area contributed by atoms with Crippen molar-refractivity contribution in [3.05, 3.63) is 0 Å². The Balaban J connectivity index is 1.78. The molecule has 2 heterocycles. The van der Waals surface area contributed by atoms with Crippen molar-refractivity contribution in [2.24, 2.45) is 5.92 Å². The van der Waals surface area contributed by atoms with E-state index < -0.39 is 0 Å². The minimum absolute atomic E-state index is 0.208. The highest BCUT2D eigenvalue weighted by molar-refractivity contribution is 5.75. The average Bonchev–Trinajstić information content (AvgIpc) is 2.64. The van der Waals surface area contributed by atoms with Gasteiger partial charge in [0.25, 0.3) is 0 Å². The number of nitrogens with zero attached hydrogens (tertiary/aromatic N) is 2. The molecule has 0 bridgehead atoms. The number of carbonyl (C=O) groups excluding carboxylic acids is 1. The number of hydrogen-bond acceptors (Lipinski definition) is 2. The quantitative estimate of drug-likeness (QED) is 0.688. The molecule has 2 rings (SSSR count). The van der Waals surface area contributed by atoms with Crippen LogP contribution in [0.1, 0.15) is 19.8 Å². The molecule has 2 aliphatic rings. The molecule has 0 saturated carbocycles. The Hall–Kier alpha value is -0.770. The van der Waals surface area contributed by atoms with Gasteiger partial charge in [-0.3, -0.25) is 0 Å². The molecule has 2 aliphatic heterocycles. The largest absolute Gasteiger partial charge is 0.378 e. The lowest BCUT2D eigenvalue weighted by atomic mass is 10.1. The molecule has 86 valence electrons. The average molecular weight is 212 g/mol. The molecule has 0 aromatic heterocycles. The van der Waals surface area contributed by atoms with Crippen molar-refractivity contribution in [3.8, 4) is 0 Å². The van der Waals surface area contributed by atoms with Crippen molar-refractivity contribution in [1.82, 2.24) is 9.80 Å². The van der Waals surface area contributed by atoms with Crippen LogP contribution in [-0.4, -0.2) is 55.2 Å². The van der Waals surface area contributed by atoms with Gasteiger partial charge in [-0.1, -0.05) is 13.3 Å². The maximum Gasteiger partial charge on any atom is 0.320 e. The van der Waals surface area contributed by atoms with Crippen molar-refractivity contribution in [3.63, 3.8) is 0 Å². The Morgan fingerprint density at radius 2 is 2.07 bits per heavy atom. The monoisotopic (exact) mass is 212 g/mol. The minimum Gasteiger partial charge on any atom is -0.378 e. The van der Waals surface area contributed by atoms with Crippen molar-refractivity contribution in [2.45, 2.75) is 25.9 Å². The van der Waals surface area contributed by atoms with E-state index in [1.807, 2.05) is 9.80 Å². The molecule has 2 fully saturated rings. The molecule has 0 radical (unpaired) electrons. The molecule has 0 aromatic carbocycles. The summed E-state index contributed by atoms with van der Waals surface area (Å²) in [5.74, 6) is 0.716. The van der Waals surface area contributed by atoms with Crippen LogP contribution in [0.3, 0.4) is 0 Å². The van der Waals surface area contributed by atoms with Gasteiger partial charge in [0.15, 0.2) is 0 Å². The first kappa shape index (κ1) is 10.7. The van der Waals surface area contributed by atoms with Gasteiger partial charge in [0.1, 0.15) is 0 Å². The van der Waals surface area contributed by atoms with Crippen LogP contribution < -0.4 is 0 Å². The van der Waals surface area contributed by atoms with Gasteiger partial charge in [-0.2, -0.15) is 0 Å². The summed E-state index contributed by atoms with van der Waals surface area (Å²) in [7, 11) is 1.70. The van der Waals surface area contributed by atoms with Gasteiger partial charge in [0.2, 0.25) is 0 Å². The first-order valence-electron chi connectivity index (χ1n) is 5.81. The molecule has 15 heavy (non-hydrogen) atoms. The molecule has 0 aliphatic carbocycles. The van der Waals surface area contributed by atoms with E-state index in [9.17, 15) is 4.79 Å². The van der Waals surface area contributed by atoms with E-state index in [0.717, 1.165) is 26.2 Å². The van der Waals surface area contributed by atoms with Gasteiger partial charge in [0.05, 0.1) is 19.2 Å². The Labute approximate surface area is 91.2 Å². The molecule has 0 N–H and O–H groups in total. The Morgan fingerprint density at radius 1 is 1.33 bits per heavy atom. The number of rotatable bonds is 2. The Bertz CT molecular complexity index is 239. The third kappa shape index (κ3) is 2.09. The maximum atomic E-state index is 11.9. The number of likely N-dealkylation sites (tertiary alicyclic amines) is 2. The standard InChI is InChI=1S/C11H20N2O2/c1-3-9-4-5-12(6-9)11(14)13-7-10(8-13)15-2/h9-10H,3-8H2,1-2H3. The molecule has 4 heteroatoms. The minimum atomic E-state index is 0.208. The number of amides is 2. The summed E-state index contributed by atoms with van der Waals surface area (Å²) in [6, 6.07) is 0.208. The van der Waals surface area contributed by atoms with Gasteiger partial charge < -0.3 is 14.5 Å². The number of urea groups is 1. The summed E-state index contributed by atoms with van der Waals surface area (Å²) in [6.07, 6.45) is 2.62. The molecular formula is C11H20N2O2. The molecule has 0 spiro atoms. The van der Waals surface area contributed by atoms with Crippen LogP contribution >= 0.6 is 0 Å². The summed E-state index contributed by atoms with van der Waals surface area (Å²) in [5.41, 5.74) is 0. The molecular weight excluding hydrogens is 192 g/mol. The van der Waals surface area contributed by atoms with Gasteiger partial charge in [-0.15, -0.1) is 0 Å². The van der Waals surface area contributed by atoms with E-state index in [0.29, 0.717) is 5.92 Å². The van der Waals surface area contributed by atoms with Crippen molar-refractivity contribution >= 4 is 6.03 Å². The zero-order chi connectivity index (χ0) is 10.8. The molecule has 2 saturated heterocycles.